The van der Waals surface area contributed by atoms with Crippen LogP contribution in [0.25, 0.3) is 89.7 Å². The molecule has 8 bridgehead atoms. The first-order chi connectivity index (χ1) is 26.2. The van der Waals surface area contributed by atoms with E-state index >= 15 is 0 Å². The van der Waals surface area contributed by atoms with Gasteiger partial charge in [-0.05, 0) is 68.2 Å². The van der Waals surface area contributed by atoms with Gasteiger partial charge in [0.25, 0.3) is 0 Å². The van der Waals surface area contributed by atoms with E-state index in [0.717, 1.165) is 43.8 Å². The van der Waals surface area contributed by atoms with Crippen LogP contribution in [0, 0.1) is 0 Å². The molecule has 4 aromatic carbocycles. The summed E-state index contributed by atoms with van der Waals surface area (Å²) in [4.78, 5) is 38.9. The average Bonchev–Trinajstić information content (AvgIpc) is 3.84. The van der Waals surface area contributed by atoms with Crippen LogP contribution in [0.1, 0.15) is 105 Å². The first kappa shape index (κ1) is 38.6. The van der Waals surface area contributed by atoms with Crippen molar-refractivity contribution < 1.29 is 17.1 Å². The molecule has 9 rings (SSSR count). The summed E-state index contributed by atoms with van der Waals surface area (Å²) >= 11 is 0. The summed E-state index contributed by atoms with van der Waals surface area (Å²) in [7, 11) is 0. The molecule has 2 aliphatic heterocycles. The third-order valence-electron chi connectivity index (χ3n) is 11.3. The molecule has 57 heavy (non-hydrogen) atoms. The fourth-order valence-corrected chi connectivity index (χ4v) is 7.66. The molecule has 2 N–H and O–H groups in total. The number of hydrogen-bond donors (Lipinski definition) is 2. The van der Waals surface area contributed by atoms with Crippen LogP contribution in [0.5, 0.6) is 0 Å². The third kappa shape index (κ3) is 6.65. The Balaban J connectivity index is 0.00000455. The Kier molecular flexibility index (Phi) is 8.73. The standard InChI is InChI=1S/C48H50N8.Cu/c1-45(2,3)25-13-17-29-33(21-25)41-49-37(29)54-42-35-23-27(47(7,8)9)15-19-31(35)39(51-42)56-44-36-24-28(48(10,11)12)16-20-32(36)40(52-44)55-43-34-22-26(46(4,5)6)14-18-30(34)38(50-43)53-41;/h13-24H,1-12H3,(H2,49,50,51,52,53,54,55,56);. The van der Waals surface area contributed by atoms with Crippen molar-refractivity contribution in [2.24, 2.45) is 0 Å². The Labute approximate surface area is 345 Å². The number of benzene rings is 4. The number of fused-ring (bicyclic) bond motifs is 20. The van der Waals surface area contributed by atoms with E-state index in [4.69, 9.17) is 29.9 Å². The summed E-state index contributed by atoms with van der Waals surface area (Å²) in [6.45, 7) is 26.8. The summed E-state index contributed by atoms with van der Waals surface area (Å²) in [6, 6.07) is 26.3. The Morgan fingerprint density at radius 3 is 0.930 bits per heavy atom. The molecule has 0 saturated heterocycles. The van der Waals surface area contributed by atoms with E-state index in [1.807, 2.05) is 0 Å². The number of nitrogens with one attached hydrogen (secondary N) is 2. The first-order valence-electron chi connectivity index (χ1n) is 19.6. The first-order valence-corrected chi connectivity index (χ1v) is 19.6. The number of H-pyrrole nitrogens is 2. The number of aromatic amines is 2. The van der Waals surface area contributed by atoms with Crippen molar-refractivity contribution >= 4 is 44.1 Å². The summed E-state index contributed by atoms with van der Waals surface area (Å²) in [5.74, 6) is 2.42. The molecule has 0 saturated carbocycles. The maximum absolute atomic E-state index is 5.32. The monoisotopic (exact) mass is 801 g/mol. The van der Waals surface area contributed by atoms with Crippen molar-refractivity contribution in [2.75, 3.05) is 0 Å². The van der Waals surface area contributed by atoms with Crippen LogP contribution < -0.4 is 0 Å². The van der Waals surface area contributed by atoms with Gasteiger partial charge in [0.2, 0.25) is 0 Å². The van der Waals surface area contributed by atoms with Gasteiger partial charge in [0.05, 0.1) is 0 Å². The molecule has 7 aromatic rings. The van der Waals surface area contributed by atoms with Crippen molar-refractivity contribution in [3.63, 3.8) is 0 Å². The normalized spacial score (nSPS) is 13.1. The molecule has 8 nitrogen and oxygen atoms in total. The van der Waals surface area contributed by atoms with Crippen LogP contribution in [-0.2, 0) is 38.7 Å². The molecule has 0 spiro atoms. The average molecular weight is 803 g/mol. The van der Waals surface area contributed by atoms with Crippen LogP contribution >= 0.6 is 0 Å². The van der Waals surface area contributed by atoms with E-state index in [0.29, 0.717) is 45.9 Å². The van der Waals surface area contributed by atoms with Gasteiger partial charge < -0.3 is 9.97 Å². The number of rotatable bonds is 0. The molecule has 0 unspecified atom stereocenters. The number of nitrogens with zero attached hydrogens (tertiary/aromatic N) is 6. The zero-order chi connectivity index (χ0) is 39.7. The molecule has 5 heterocycles. The largest absolute Gasteiger partial charge is 0.324 e. The SMILES string of the molecule is CC(C)(C)c1ccc2c(c1)-c1nc-2nc2[nH]c(nc3nc(nc4[nH]c(n1)c1ccc(C(C)(C)C)cc41)-c1ccc(C(C)(C)C)cc1-3)c1ccc(C(C)(C)C)cc21.[Cu]. The Bertz CT molecular complexity index is 2760. The zero-order valence-electron chi connectivity index (χ0n) is 34.9. The van der Waals surface area contributed by atoms with Crippen LogP contribution in [0.4, 0.5) is 0 Å². The molecule has 9 heteroatoms. The van der Waals surface area contributed by atoms with Crippen molar-refractivity contribution in [3.8, 4) is 45.6 Å². The van der Waals surface area contributed by atoms with E-state index in [-0.39, 0.29) is 38.7 Å². The minimum atomic E-state index is -0.0686. The minimum absolute atomic E-state index is 0. The Morgan fingerprint density at radius 2 is 0.596 bits per heavy atom. The molecule has 0 fully saturated rings. The molecular formula is C48H50CuN8. The van der Waals surface area contributed by atoms with E-state index in [2.05, 4.69) is 166 Å². The predicted octanol–water partition coefficient (Wildman–Crippen LogP) is 12.1. The van der Waals surface area contributed by atoms with Crippen molar-refractivity contribution in [1.82, 2.24) is 39.9 Å². The zero-order valence-corrected chi connectivity index (χ0v) is 35.9. The smallest absolute Gasteiger partial charge is 0.164 e. The second-order valence-corrected chi connectivity index (χ2v) is 19.7. The van der Waals surface area contributed by atoms with E-state index in [1.165, 1.54) is 22.3 Å². The summed E-state index contributed by atoms with van der Waals surface area (Å²) in [6.07, 6.45) is 0. The number of aromatic nitrogens is 8. The van der Waals surface area contributed by atoms with Crippen molar-refractivity contribution in [3.05, 3.63) is 95.1 Å². The topological polar surface area (TPSA) is 109 Å². The fraction of sp³-hybridized carbons (Fsp3) is 0.333. The molecule has 0 amide bonds. The van der Waals surface area contributed by atoms with Crippen molar-refractivity contribution in [2.45, 2.75) is 105 Å². The van der Waals surface area contributed by atoms with Gasteiger partial charge >= 0.3 is 0 Å². The van der Waals surface area contributed by atoms with Gasteiger partial charge in [-0.2, -0.15) is 0 Å². The molecule has 3 aromatic heterocycles. The Morgan fingerprint density at radius 1 is 0.316 bits per heavy atom. The van der Waals surface area contributed by atoms with Crippen LogP contribution in [-0.4, -0.2) is 39.9 Å². The molecule has 2 aliphatic rings. The maximum atomic E-state index is 5.32. The predicted molar refractivity (Wildman–Crippen MR) is 231 cm³/mol. The van der Waals surface area contributed by atoms with Crippen LogP contribution in [0.3, 0.4) is 0 Å². The summed E-state index contributed by atoms with van der Waals surface area (Å²) in [5, 5.41) is 3.89. The van der Waals surface area contributed by atoms with Gasteiger partial charge in [0.1, 0.15) is 22.6 Å². The van der Waals surface area contributed by atoms with Gasteiger partial charge in [-0.3, -0.25) is 0 Å². The molecular weight excluding hydrogens is 752 g/mol. The molecule has 1 radical (unpaired) electrons. The van der Waals surface area contributed by atoms with Gasteiger partial charge in [0.15, 0.2) is 23.3 Å². The summed E-state index contributed by atoms with van der Waals surface area (Å²) < 4.78 is 0. The van der Waals surface area contributed by atoms with Gasteiger partial charge in [-0.1, -0.05) is 132 Å². The number of hydrogen-bond acceptors (Lipinski definition) is 6. The maximum Gasteiger partial charge on any atom is 0.164 e. The van der Waals surface area contributed by atoms with Gasteiger partial charge in [0, 0.05) is 60.9 Å². The second kappa shape index (κ2) is 12.9. The Hall–Kier alpha value is -5.24. The minimum Gasteiger partial charge on any atom is -0.324 e. The second-order valence-electron chi connectivity index (χ2n) is 19.7. The van der Waals surface area contributed by atoms with E-state index in [1.54, 1.807) is 0 Å². The van der Waals surface area contributed by atoms with Crippen LogP contribution in [0.15, 0.2) is 72.8 Å². The molecule has 0 aliphatic carbocycles. The quantitative estimate of drug-likeness (QED) is 0.148. The van der Waals surface area contributed by atoms with Crippen molar-refractivity contribution in [1.29, 1.82) is 0 Å². The third-order valence-corrected chi connectivity index (χ3v) is 11.3. The van der Waals surface area contributed by atoms with Crippen LogP contribution in [0.2, 0.25) is 0 Å². The van der Waals surface area contributed by atoms with E-state index < -0.39 is 0 Å². The van der Waals surface area contributed by atoms with Gasteiger partial charge in [-0.15, -0.1) is 0 Å². The molecule has 293 valence electrons. The summed E-state index contributed by atoms with van der Waals surface area (Å²) in [5.41, 5.74) is 11.1. The molecule has 0 atom stereocenters. The fourth-order valence-electron chi connectivity index (χ4n) is 7.66. The van der Waals surface area contributed by atoms with E-state index in [9.17, 15) is 0 Å². The van der Waals surface area contributed by atoms with Gasteiger partial charge in [-0.25, -0.2) is 29.9 Å².